The van der Waals surface area contributed by atoms with Crippen LogP contribution in [0, 0.1) is 0 Å². The lowest BCUT2D eigenvalue weighted by Crippen LogP contribution is -2.49. The molecule has 1 saturated heterocycles. The molecule has 1 aromatic carbocycles. The number of halogens is 3. The Morgan fingerprint density at radius 2 is 1.97 bits per heavy atom. The van der Waals surface area contributed by atoms with E-state index >= 15 is 0 Å². The molecule has 162 valence electrons. The summed E-state index contributed by atoms with van der Waals surface area (Å²) in [4.78, 5) is 18.4. The molecular formula is C21H21F3N6O. The number of aromatic nitrogens is 3. The van der Waals surface area contributed by atoms with E-state index in [-0.39, 0.29) is 11.7 Å². The number of rotatable bonds is 4. The molecule has 7 nitrogen and oxygen atoms in total. The number of nitrogens with one attached hydrogen (secondary N) is 3. The first kappa shape index (κ1) is 20.7. The highest BCUT2D eigenvalue weighted by molar-refractivity contribution is 5.89. The van der Waals surface area contributed by atoms with Gasteiger partial charge in [0.2, 0.25) is 0 Å². The number of H-pyrrole nitrogens is 1. The molecule has 1 aliphatic heterocycles. The molecule has 4 rings (SSSR count). The van der Waals surface area contributed by atoms with Gasteiger partial charge in [-0.3, -0.25) is 10.1 Å². The van der Waals surface area contributed by atoms with Crippen LogP contribution in [0.15, 0.2) is 54.9 Å². The second-order valence-corrected chi connectivity index (χ2v) is 7.34. The Balaban J connectivity index is 1.36. The minimum absolute atomic E-state index is 0.0919. The molecule has 0 saturated carbocycles. The molecule has 3 N–H and O–H groups in total. The van der Waals surface area contributed by atoms with Gasteiger partial charge in [-0.2, -0.15) is 18.3 Å². The maximum Gasteiger partial charge on any atom is 0.416 e. The molecule has 1 fully saturated rings. The van der Waals surface area contributed by atoms with Crippen LogP contribution in [-0.2, 0) is 6.18 Å². The van der Waals surface area contributed by atoms with Crippen LogP contribution < -0.4 is 15.5 Å². The molecule has 3 heterocycles. The average Bonchev–Trinajstić information content (AvgIpc) is 3.24. The van der Waals surface area contributed by atoms with Crippen molar-refractivity contribution in [3.63, 3.8) is 0 Å². The highest BCUT2D eigenvalue weighted by Crippen LogP contribution is 2.30. The van der Waals surface area contributed by atoms with Gasteiger partial charge in [-0.05, 0) is 43.2 Å². The minimum atomic E-state index is -4.46. The molecule has 10 heteroatoms. The number of aromatic amines is 1. The molecule has 0 bridgehead atoms. The van der Waals surface area contributed by atoms with Crippen molar-refractivity contribution in [2.45, 2.75) is 25.1 Å². The van der Waals surface area contributed by atoms with Crippen molar-refractivity contribution in [1.82, 2.24) is 20.5 Å². The number of hydrogen-bond acceptors (Lipinski definition) is 4. The predicted octanol–water partition coefficient (Wildman–Crippen LogP) is 4.28. The summed E-state index contributed by atoms with van der Waals surface area (Å²) in [5, 5.41) is 12.7. The van der Waals surface area contributed by atoms with E-state index < -0.39 is 17.8 Å². The Bertz CT molecular complexity index is 1040. The van der Waals surface area contributed by atoms with Crippen molar-refractivity contribution in [3.05, 3.63) is 60.4 Å². The lowest BCUT2D eigenvalue weighted by molar-refractivity contribution is -0.137. The zero-order chi connectivity index (χ0) is 21.8. The largest absolute Gasteiger partial charge is 0.416 e. The van der Waals surface area contributed by atoms with Crippen molar-refractivity contribution in [2.24, 2.45) is 0 Å². The summed E-state index contributed by atoms with van der Waals surface area (Å²) in [6, 6.07) is 9.59. The van der Waals surface area contributed by atoms with Gasteiger partial charge in [0.25, 0.3) is 0 Å². The van der Waals surface area contributed by atoms with Crippen LogP contribution >= 0.6 is 0 Å². The lowest BCUT2D eigenvalue weighted by Gasteiger charge is -2.33. The van der Waals surface area contributed by atoms with Gasteiger partial charge in [-0.15, -0.1) is 0 Å². The molecule has 2 amide bonds. The Hall–Kier alpha value is -3.56. The predicted molar refractivity (Wildman–Crippen MR) is 111 cm³/mol. The third kappa shape index (κ3) is 5.14. The summed E-state index contributed by atoms with van der Waals surface area (Å²) in [6.07, 6.45) is 0.580. The summed E-state index contributed by atoms with van der Waals surface area (Å²) >= 11 is 0. The number of amides is 2. The molecule has 1 aliphatic rings. The van der Waals surface area contributed by atoms with Crippen molar-refractivity contribution < 1.29 is 18.0 Å². The van der Waals surface area contributed by atoms with E-state index in [9.17, 15) is 18.0 Å². The monoisotopic (exact) mass is 430 g/mol. The number of hydrogen-bond donors (Lipinski definition) is 3. The van der Waals surface area contributed by atoms with Gasteiger partial charge >= 0.3 is 12.2 Å². The summed E-state index contributed by atoms with van der Waals surface area (Å²) in [5.41, 5.74) is 1.13. The fraction of sp³-hybridized carbons (Fsp3) is 0.286. The van der Waals surface area contributed by atoms with E-state index in [0.717, 1.165) is 48.6 Å². The molecular weight excluding hydrogens is 409 g/mol. The first-order chi connectivity index (χ1) is 14.9. The fourth-order valence-electron chi connectivity index (χ4n) is 3.58. The molecule has 1 unspecified atom stereocenters. The number of pyridine rings is 1. The van der Waals surface area contributed by atoms with E-state index in [4.69, 9.17) is 0 Å². The lowest BCUT2D eigenvalue weighted by atomic mass is 10.1. The van der Waals surface area contributed by atoms with Crippen LogP contribution in [0.1, 0.15) is 18.4 Å². The van der Waals surface area contributed by atoms with Crippen molar-refractivity contribution in [3.8, 4) is 11.3 Å². The smallest absolute Gasteiger partial charge is 0.353 e. The third-order valence-corrected chi connectivity index (χ3v) is 5.08. The first-order valence-corrected chi connectivity index (χ1v) is 9.84. The van der Waals surface area contributed by atoms with Crippen LogP contribution in [-0.4, -0.2) is 40.3 Å². The second kappa shape index (κ2) is 8.66. The minimum Gasteiger partial charge on any atom is -0.353 e. The Morgan fingerprint density at radius 3 is 2.74 bits per heavy atom. The number of piperidine rings is 1. The molecule has 31 heavy (non-hydrogen) atoms. The van der Waals surface area contributed by atoms with Crippen LogP contribution in [0.4, 0.5) is 29.5 Å². The van der Waals surface area contributed by atoms with E-state index in [2.05, 4.69) is 30.7 Å². The molecule has 0 radical (unpaired) electrons. The number of alkyl halides is 3. The molecule has 0 aliphatic carbocycles. The summed E-state index contributed by atoms with van der Waals surface area (Å²) in [7, 11) is 0. The van der Waals surface area contributed by atoms with Crippen molar-refractivity contribution >= 4 is 17.5 Å². The van der Waals surface area contributed by atoms with Crippen LogP contribution in [0.3, 0.4) is 0 Å². The van der Waals surface area contributed by atoms with E-state index in [1.165, 1.54) is 12.1 Å². The van der Waals surface area contributed by atoms with Gasteiger partial charge in [0, 0.05) is 48.8 Å². The van der Waals surface area contributed by atoms with Gasteiger partial charge in [0.15, 0.2) is 5.82 Å². The average molecular weight is 430 g/mol. The normalized spacial score (nSPS) is 16.7. The van der Waals surface area contributed by atoms with Crippen LogP contribution in [0.2, 0.25) is 0 Å². The van der Waals surface area contributed by atoms with Crippen LogP contribution in [0.5, 0.6) is 0 Å². The van der Waals surface area contributed by atoms with E-state index in [0.29, 0.717) is 6.54 Å². The van der Waals surface area contributed by atoms with E-state index in [1.807, 2.05) is 18.2 Å². The molecule has 3 aromatic rings. The van der Waals surface area contributed by atoms with Gasteiger partial charge in [0.05, 0.1) is 11.3 Å². The fourth-order valence-corrected chi connectivity index (χ4v) is 3.58. The zero-order valence-corrected chi connectivity index (χ0v) is 16.5. The van der Waals surface area contributed by atoms with Gasteiger partial charge in [-0.1, -0.05) is 6.07 Å². The van der Waals surface area contributed by atoms with Gasteiger partial charge in [0.1, 0.15) is 0 Å². The van der Waals surface area contributed by atoms with E-state index in [1.54, 1.807) is 12.4 Å². The quantitative estimate of drug-likeness (QED) is 0.577. The summed E-state index contributed by atoms with van der Waals surface area (Å²) in [6.45, 7) is 1.35. The second-order valence-electron chi connectivity index (χ2n) is 7.34. The number of benzene rings is 1. The molecule has 2 aromatic heterocycles. The number of carbonyl (C=O) groups is 1. The Kier molecular flexibility index (Phi) is 5.79. The summed E-state index contributed by atoms with van der Waals surface area (Å²) < 4.78 is 38.5. The highest BCUT2D eigenvalue weighted by atomic mass is 19.4. The standard InChI is InChI=1S/C21H21F3N6O/c22-21(23,24)15-3-1-4-16(11-15)26-20(31)27-17-5-2-10-30(13-17)19-12-18(28-29-19)14-6-8-25-9-7-14/h1,3-4,6-9,11-12,17H,2,5,10,13H2,(H,28,29)(H2,26,27,31). The Morgan fingerprint density at radius 1 is 1.16 bits per heavy atom. The van der Waals surface area contributed by atoms with Gasteiger partial charge in [-0.25, -0.2) is 4.79 Å². The van der Waals surface area contributed by atoms with Crippen molar-refractivity contribution in [2.75, 3.05) is 23.3 Å². The first-order valence-electron chi connectivity index (χ1n) is 9.84. The molecule has 0 spiro atoms. The number of anilines is 2. The highest BCUT2D eigenvalue weighted by Gasteiger charge is 2.30. The van der Waals surface area contributed by atoms with Crippen LogP contribution in [0.25, 0.3) is 11.3 Å². The van der Waals surface area contributed by atoms with Gasteiger partial charge < -0.3 is 15.5 Å². The maximum absolute atomic E-state index is 12.8. The SMILES string of the molecule is O=C(Nc1cccc(C(F)(F)F)c1)NC1CCCN(c2cc(-c3ccncc3)[nH]n2)C1. The Labute approximate surface area is 176 Å². The zero-order valence-electron chi connectivity index (χ0n) is 16.5. The number of urea groups is 1. The topological polar surface area (TPSA) is 85.9 Å². The maximum atomic E-state index is 12.8. The number of carbonyl (C=O) groups excluding carboxylic acids is 1. The number of nitrogens with zero attached hydrogens (tertiary/aromatic N) is 3. The molecule has 1 atom stereocenters. The summed E-state index contributed by atoms with van der Waals surface area (Å²) in [5.74, 6) is 0.775. The third-order valence-electron chi connectivity index (χ3n) is 5.08. The van der Waals surface area contributed by atoms with Crippen molar-refractivity contribution in [1.29, 1.82) is 0 Å².